The van der Waals surface area contributed by atoms with Crippen molar-refractivity contribution >= 4 is 11.9 Å². The lowest BCUT2D eigenvalue weighted by molar-refractivity contribution is -0.138. The quantitative estimate of drug-likeness (QED) is 0.763. The average Bonchev–Trinajstić information content (AvgIpc) is 2.38. The molecule has 110 valence electrons. The standard InChI is InChI=1S/C14H18FNO4/c1-10(8-14(18)19)9-16-13(17)6-7-20-12-5-3-2-4-11(12)15/h2-5,10H,6-9H2,1H3,(H,16,17)(H,18,19). The summed E-state index contributed by atoms with van der Waals surface area (Å²) >= 11 is 0. The number of para-hydroxylation sites is 1. The summed E-state index contributed by atoms with van der Waals surface area (Å²) in [4.78, 5) is 21.9. The van der Waals surface area contributed by atoms with Crippen molar-refractivity contribution in [2.24, 2.45) is 5.92 Å². The molecule has 0 bridgehead atoms. The second-order valence-corrected chi connectivity index (χ2v) is 4.54. The van der Waals surface area contributed by atoms with Crippen LogP contribution in [0.4, 0.5) is 4.39 Å². The van der Waals surface area contributed by atoms with Gasteiger partial charge in [0.15, 0.2) is 11.6 Å². The number of carboxylic acids is 1. The molecule has 0 saturated carbocycles. The molecule has 1 aromatic carbocycles. The molecule has 1 amide bonds. The zero-order chi connectivity index (χ0) is 15.0. The first kappa shape index (κ1) is 15.9. The van der Waals surface area contributed by atoms with Gasteiger partial charge < -0.3 is 15.2 Å². The molecule has 1 unspecified atom stereocenters. The van der Waals surface area contributed by atoms with E-state index < -0.39 is 11.8 Å². The second-order valence-electron chi connectivity index (χ2n) is 4.54. The topological polar surface area (TPSA) is 75.6 Å². The van der Waals surface area contributed by atoms with Crippen molar-refractivity contribution in [2.45, 2.75) is 19.8 Å². The number of nitrogens with one attached hydrogen (secondary N) is 1. The number of halogens is 1. The highest BCUT2D eigenvalue weighted by molar-refractivity contribution is 5.76. The number of aliphatic carboxylic acids is 1. The molecule has 6 heteroatoms. The molecule has 2 N–H and O–H groups in total. The third kappa shape index (κ3) is 6.17. The van der Waals surface area contributed by atoms with Crippen LogP contribution in [0.2, 0.25) is 0 Å². The summed E-state index contributed by atoms with van der Waals surface area (Å²) in [6, 6.07) is 5.97. The summed E-state index contributed by atoms with van der Waals surface area (Å²) in [5, 5.41) is 11.2. The maximum atomic E-state index is 13.2. The van der Waals surface area contributed by atoms with Crippen molar-refractivity contribution in [2.75, 3.05) is 13.2 Å². The fraction of sp³-hybridized carbons (Fsp3) is 0.429. The van der Waals surface area contributed by atoms with Gasteiger partial charge in [0.25, 0.3) is 0 Å². The maximum Gasteiger partial charge on any atom is 0.303 e. The van der Waals surface area contributed by atoms with Gasteiger partial charge in [-0.2, -0.15) is 0 Å². The maximum absolute atomic E-state index is 13.2. The van der Waals surface area contributed by atoms with Gasteiger partial charge in [0.2, 0.25) is 5.91 Å². The van der Waals surface area contributed by atoms with Gasteiger partial charge in [-0.05, 0) is 18.1 Å². The molecule has 0 aliphatic rings. The van der Waals surface area contributed by atoms with Crippen LogP contribution in [0.25, 0.3) is 0 Å². The molecule has 0 saturated heterocycles. The van der Waals surface area contributed by atoms with Gasteiger partial charge in [0, 0.05) is 13.0 Å². The minimum absolute atomic E-state index is 0.00596. The normalized spacial score (nSPS) is 11.7. The van der Waals surface area contributed by atoms with E-state index in [1.165, 1.54) is 12.1 Å². The second kappa shape index (κ2) is 8.14. The summed E-state index contributed by atoms with van der Waals surface area (Å²) in [5.74, 6) is -1.64. The largest absolute Gasteiger partial charge is 0.490 e. The Kier molecular flexibility index (Phi) is 6.49. The predicted molar refractivity (Wildman–Crippen MR) is 70.9 cm³/mol. The first-order valence-corrected chi connectivity index (χ1v) is 6.35. The highest BCUT2D eigenvalue weighted by atomic mass is 19.1. The first-order valence-electron chi connectivity index (χ1n) is 6.35. The van der Waals surface area contributed by atoms with Crippen molar-refractivity contribution in [3.63, 3.8) is 0 Å². The SMILES string of the molecule is CC(CNC(=O)CCOc1ccccc1F)CC(=O)O. The third-order valence-electron chi connectivity index (χ3n) is 2.59. The number of carbonyl (C=O) groups excluding carboxylic acids is 1. The van der Waals surface area contributed by atoms with Crippen molar-refractivity contribution in [1.29, 1.82) is 0 Å². The van der Waals surface area contributed by atoms with Gasteiger partial charge in [-0.1, -0.05) is 19.1 Å². The fourth-order valence-corrected chi connectivity index (χ4v) is 1.56. The molecular formula is C14H18FNO4. The van der Waals surface area contributed by atoms with Crippen molar-refractivity contribution in [1.82, 2.24) is 5.32 Å². The summed E-state index contributed by atoms with van der Waals surface area (Å²) in [6.45, 7) is 2.11. The van der Waals surface area contributed by atoms with Crippen LogP contribution >= 0.6 is 0 Å². The summed E-state index contributed by atoms with van der Waals surface area (Å²) in [6.07, 6.45) is 0.0974. The molecule has 1 rings (SSSR count). The van der Waals surface area contributed by atoms with Gasteiger partial charge in [0.1, 0.15) is 0 Å². The van der Waals surface area contributed by atoms with Crippen LogP contribution in [0, 0.1) is 11.7 Å². The summed E-state index contributed by atoms with van der Waals surface area (Å²) in [7, 11) is 0. The molecule has 0 aromatic heterocycles. The minimum atomic E-state index is -0.894. The molecular weight excluding hydrogens is 265 g/mol. The Bertz CT molecular complexity index is 464. The van der Waals surface area contributed by atoms with E-state index >= 15 is 0 Å². The summed E-state index contributed by atoms with van der Waals surface area (Å²) < 4.78 is 18.4. The molecule has 0 radical (unpaired) electrons. The van der Waals surface area contributed by atoms with Gasteiger partial charge in [-0.15, -0.1) is 0 Å². The van der Waals surface area contributed by atoms with Crippen LogP contribution in [-0.2, 0) is 9.59 Å². The Hall–Kier alpha value is -2.11. The molecule has 5 nitrogen and oxygen atoms in total. The number of hydrogen-bond donors (Lipinski definition) is 2. The Morgan fingerprint density at radius 1 is 1.40 bits per heavy atom. The lowest BCUT2D eigenvalue weighted by Crippen LogP contribution is -2.30. The zero-order valence-corrected chi connectivity index (χ0v) is 11.3. The average molecular weight is 283 g/mol. The molecule has 0 heterocycles. The lowest BCUT2D eigenvalue weighted by atomic mass is 10.1. The molecule has 0 aliphatic carbocycles. The monoisotopic (exact) mass is 283 g/mol. The van der Waals surface area contributed by atoms with E-state index in [4.69, 9.17) is 9.84 Å². The van der Waals surface area contributed by atoms with E-state index in [1.807, 2.05) is 0 Å². The molecule has 1 atom stereocenters. The molecule has 0 fully saturated rings. The van der Waals surface area contributed by atoms with E-state index in [2.05, 4.69) is 5.32 Å². The highest BCUT2D eigenvalue weighted by Crippen LogP contribution is 2.15. The Morgan fingerprint density at radius 2 is 2.10 bits per heavy atom. The third-order valence-corrected chi connectivity index (χ3v) is 2.59. The molecule has 0 aliphatic heterocycles. The van der Waals surface area contributed by atoms with E-state index in [9.17, 15) is 14.0 Å². The first-order chi connectivity index (χ1) is 9.49. The van der Waals surface area contributed by atoms with Gasteiger partial charge >= 0.3 is 5.97 Å². The van der Waals surface area contributed by atoms with Crippen LogP contribution in [-0.4, -0.2) is 30.1 Å². The van der Waals surface area contributed by atoms with Gasteiger partial charge in [-0.25, -0.2) is 4.39 Å². The number of carboxylic acid groups (broad SMARTS) is 1. The van der Waals surface area contributed by atoms with Gasteiger partial charge in [-0.3, -0.25) is 9.59 Å². The Labute approximate surface area is 116 Å². The summed E-state index contributed by atoms with van der Waals surface area (Å²) in [5.41, 5.74) is 0. The molecule has 1 aromatic rings. The number of amides is 1. The van der Waals surface area contributed by atoms with E-state index in [0.29, 0.717) is 6.54 Å². The van der Waals surface area contributed by atoms with E-state index in [0.717, 1.165) is 0 Å². The van der Waals surface area contributed by atoms with Gasteiger partial charge in [0.05, 0.1) is 13.0 Å². The van der Waals surface area contributed by atoms with Crippen LogP contribution in [0.5, 0.6) is 5.75 Å². The Morgan fingerprint density at radius 3 is 2.75 bits per heavy atom. The van der Waals surface area contributed by atoms with Crippen molar-refractivity contribution in [3.8, 4) is 5.75 Å². The zero-order valence-electron chi connectivity index (χ0n) is 11.3. The predicted octanol–water partition coefficient (Wildman–Crippen LogP) is 1.82. The lowest BCUT2D eigenvalue weighted by Gasteiger charge is -2.11. The highest BCUT2D eigenvalue weighted by Gasteiger charge is 2.09. The number of rotatable bonds is 8. The van der Waals surface area contributed by atoms with Crippen LogP contribution in [0.15, 0.2) is 24.3 Å². The van der Waals surface area contributed by atoms with Crippen molar-refractivity contribution < 1.29 is 23.8 Å². The Balaban J connectivity index is 2.20. The number of carbonyl (C=O) groups is 2. The number of benzene rings is 1. The smallest absolute Gasteiger partial charge is 0.303 e. The number of ether oxygens (including phenoxy) is 1. The fourth-order valence-electron chi connectivity index (χ4n) is 1.56. The van der Waals surface area contributed by atoms with E-state index in [-0.39, 0.29) is 37.0 Å². The van der Waals surface area contributed by atoms with Crippen molar-refractivity contribution in [3.05, 3.63) is 30.1 Å². The molecule has 20 heavy (non-hydrogen) atoms. The van der Waals surface area contributed by atoms with Crippen LogP contribution in [0.1, 0.15) is 19.8 Å². The van der Waals surface area contributed by atoms with Crippen LogP contribution < -0.4 is 10.1 Å². The minimum Gasteiger partial charge on any atom is -0.490 e. The number of hydrogen-bond acceptors (Lipinski definition) is 3. The molecule has 0 spiro atoms. The van der Waals surface area contributed by atoms with E-state index in [1.54, 1.807) is 19.1 Å². The van der Waals surface area contributed by atoms with Crippen LogP contribution in [0.3, 0.4) is 0 Å².